The Morgan fingerprint density at radius 1 is 1.14 bits per heavy atom. The second-order valence-electron chi connectivity index (χ2n) is 5.83. The van der Waals surface area contributed by atoms with Crippen molar-refractivity contribution >= 4 is 16.0 Å². The van der Waals surface area contributed by atoms with Crippen molar-refractivity contribution in [2.45, 2.75) is 49.1 Å². The highest BCUT2D eigenvalue weighted by molar-refractivity contribution is 7.89. The lowest BCUT2D eigenvalue weighted by atomic mass is 9.85. The maximum absolute atomic E-state index is 12.8. The van der Waals surface area contributed by atoms with Gasteiger partial charge in [0.15, 0.2) is 0 Å². The summed E-state index contributed by atoms with van der Waals surface area (Å²) in [7, 11) is -3.79. The molecule has 0 N–H and O–H groups in total. The van der Waals surface area contributed by atoms with E-state index in [0.29, 0.717) is 6.42 Å². The highest BCUT2D eigenvalue weighted by atomic mass is 32.2. The SMILES string of the molecule is O=C([O-])[C@H]1C[C@H]2CCCC[C@@H]2N1S(=O)(=O)c1ccccc1. The van der Waals surface area contributed by atoms with Gasteiger partial charge in [0, 0.05) is 6.04 Å². The molecule has 21 heavy (non-hydrogen) atoms. The standard InChI is InChI=1S/C15H19NO4S/c17-15(18)14-10-11-6-4-5-9-13(11)16(14)21(19,20)12-7-2-1-3-8-12/h1-3,7-8,11,13-14H,4-6,9-10H2,(H,17,18)/p-1/t11-,13+,14-/m1/s1. The molecule has 0 bridgehead atoms. The zero-order valence-corrected chi connectivity index (χ0v) is 12.5. The summed E-state index contributed by atoms with van der Waals surface area (Å²) in [4.78, 5) is 11.6. The van der Waals surface area contributed by atoms with Gasteiger partial charge in [0.2, 0.25) is 10.0 Å². The molecule has 6 heteroatoms. The number of carbonyl (C=O) groups is 1. The number of carbonyl (C=O) groups excluding carboxylic acids is 1. The van der Waals surface area contributed by atoms with E-state index in [2.05, 4.69) is 0 Å². The van der Waals surface area contributed by atoms with Crippen molar-refractivity contribution < 1.29 is 18.3 Å². The van der Waals surface area contributed by atoms with E-state index in [9.17, 15) is 18.3 Å². The number of aliphatic carboxylic acids is 1. The van der Waals surface area contributed by atoms with Crippen molar-refractivity contribution in [2.24, 2.45) is 5.92 Å². The molecule has 0 radical (unpaired) electrons. The lowest BCUT2D eigenvalue weighted by Gasteiger charge is -2.33. The minimum atomic E-state index is -3.79. The Bertz CT molecular complexity index is 628. The Morgan fingerprint density at radius 3 is 2.48 bits per heavy atom. The molecular formula is C15H18NO4S-. The summed E-state index contributed by atoms with van der Waals surface area (Å²) < 4.78 is 26.9. The third kappa shape index (κ3) is 2.46. The Hall–Kier alpha value is -1.40. The Morgan fingerprint density at radius 2 is 1.81 bits per heavy atom. The van der Waals surface area contributed by atoms with Crippen molar-refractivity contribution in [3.63, 3.8) is 0 Å². The molecule has 0 spiro atoms. The van der Waals surface area contributed by atoms with E-state index < -0.39 is 22.0 Å². The van der Waals surface area contributed by atoms with Gasteiger partial charge in [0.25, 0.3) is 0 Å². The predicted molar refractivity (Wildman–Crippen MR) is 74.6 cm³/mol. The Balaban J connectivity index is 2.02. The van der Waals surface area contributed by atoms with Gasteiger partial charge in [-0.05, 0) is 37.3 Å². The predicted octanol–water partition coefficient (Wildman–Crippen LogP) is 0.758. The number of nitrogens with zero attached hydrogens (tertiary/aromatic N) is 1. The van der Waals surface area contributed by atoms with Crippen molar-refractivity contribution in [1.82, 2.24) is 4.31 Å². The maximum atomic E-state index is 12.8. The minimum Gasteiger partial charge on any atom is -0.548 e. The third-order valence-electron chi connectivity index (χ3n) is 4.62. The van der Waals surface area contributed by atoms with E-state index in [4.69, 9.17) is 0 Å². The molecule has 2 aliphatic rings. The van der Waals surface area contributed by atoms with Gasteiger partial charge in [-0.2, -0.15) is 4.31 Å². The third-order valence-corrected chi connectivity index (χ3v) is 6.57. The second-order valence-corrected chi connectivity index (χ2v) is 7.67. The average molecular weight is 308 g/mol. The summed E-state index contributed by atoms with van der Waals surface area (Å²) in [5.74, 6) is -1.15. The van der Waals surface area contributed by atoms with Gasteiger partial charge in [-0.3, -0.25) is 0 Å². The molecule has 1 heterocycles. The summed E-state index contributed by atoms with van der Waals surface area (Å²) in [6.45, 7) is 0. The molecule has 1 aromatic carbocycles. The van der Waals surface area contributed by atoms with Gasteiger partial charge in [-0.25, -0.2) is 8.42 Å². The molecule has 3 rings (SSSR count). The van der Waals surface area contributed by atoms with Crippen LogP contribution in [0.1, 0.15) is 32.1 Å². The number of rotatable bonds is 3. The molecule has 5 nitrogen and oxygen atoms in total. The molecule has 3 atom stereocenters. The molecule has 0 unspecified atom stereocenters. The fourth-order valence-electron chi connectivity index (χ4n) is 3.68. The molecule has 1 aliphatic heterocycles. The van der Waals surface area contributed by atoms with E-state index in [0.717, 1.165) is 25.7 Å². The smallest absolute Gasteiger partial charge is 0.243 e. The molecule has 1 saturated carbocycles. The molecule has 0 amide bonds. The van der Waals surface area contributed by atoms with Crippen LogP contribution in [0.15, 0.2) is 35.2 Å². The fourth-order valence-corrected chi connectivity index (χ4v) is 5.57. The van der Waals surface area contributed by atoms with Gasteiger partial charge >= 0.3 is 0 Å². The Labute approximate surface area is 124 Å². The molecule has 1 saturated heterocycles. The quantitative estimate of drug-likeness (QED) is 0.826. The maximum Gasteiger partial charge on any atom is 0.243 e. The number of carboxylic acid groups (broad SMARTS) is 1. The summed E-state index contributed by atoms with van der Waals surface area (Å²) in [5.41, 5.74) is 0. The molecule has 1 aromatic rings. The van der Waals surface area contributed by atoms with E-state index in [1.165, 1.54) is 16.4 Å². The van der Waals surface area contributed by atoms with Crippen LogP contribution >= 0.6 is 0 Å². The van der Waals surface area contributed by atoms with Gasteiger partial charge < -0.3 is 9.90 Å². The highest BCUT2D eigenvalue weighted by Crippen LogP contribution is 2.42. The zero-order chi connectivity index (χ0) is 15.0. The van der Waals surface area contributed by atoms with Crippen LogP contribution in [0, 0.1) is 5.92 Å². The molecule has 2 fully saturated rings. The Kier molecular flexibility index (Phi) is 3.75. The van der Waals surface area contributed by atoms with Gasteiger partial charge in [0.1, 0.15) is 0 Å². The van der Waals surface area contributed by atoms with E-state index in [1.54, 1.807) is 18.2 Å². The summed E-state index contributed by atoms with van der Waals surface area (Å²) >= 11 is 0. The van der Waals surface area contributed by atoms with Gasteiger partial charge in [0.05, 0.1) is 16.9 Å². The molecule has 0 aromatic heterocycles. The monoisotopic (exact) mass is 308 g/mol. The van der Waals surface area contributed by atoms with Crippen molar-refractivity contribution in [3.05, 3.63) is 30.3 Å². The number of hydrogen-bond donors (Lipinski definition) is 0. The minimum absolute atomic E-state index is 0.139. The van der Waals surface area contributed by atoms with Crippen LogP contribution in [-0.2, 0) is 14.8 Å². The van der Waals surface area contributed by atoms with Crippen LogP contribution in [0.2, 0.25) is 0 Å². The second kappa shape index (κ2) is 5.42. The van der Waals surface area contributed by atoms with Crippen LogP contribution in [-0.4, -0.2) is 30.8 Å². The number of hydrogen-bond acceptors (Lipinski definition) is 4. The fraction of sp³-hybridized carbons (Fsp3) is 0.533. The van der Waals surface area contributed by atoms with Gasteiger partial charge in [-0.1, -0.05) is 31.0 Å². The van der Waals surface area contributed by atoms with Crippen LogP contribution in [0.3, 0.4) is 0 Å². The summed E-state index contributed by atoms with van der Waals surface area (Å²) in [6.07, 6.45) is 4.00. The largest absolute Gasteiger partial charge is 0.548 e. The average Bonchev–Trinajstić information content (AvgIpc) is 2.88. The lowest BCUT2D eigenvalue weighted by molar-refractivity contribution is -0.310. The van der Waals surface area contributed by atoms with E-state index in [1.807, 2.05) is 0 Å². The first kappa shape index (κ1) is 14.5. The van der Waals surface area contributed by atoms with Crippen LogP contribution in [0.25, 0.3) is 0 Å². The first-order chi connectivity index (χ1) is 10.0. The molecule has 114 valence electrons. The normalized spacial score (nSPS) is 30.0. The zero-order valence-electron chi connectivity index (χ0n) is 11.6. The number of carboxylic acids is 1. The first-order valence-electron chi connectivity index (χ1n) is 7.31. The van der Waals surface area contributed by atoms with Crippen molar-refractivity contribution in [3.8, 4) is 0 Å². The number of benzene rings is 1. The lowest BCUT2D eigenvalue weighted by Crippen LogP contribution is -2.50. The number of sulfonamides is 1. The van der Waals surface area contributed by atoms with E-state index >= 15 is 0 Å². The van der Waals surface area contributed by atoms with Crippen molar-refractivity contribution in [2.75, 3.05) is 0 Å². The molecular weight excluding hydrogens is 290 g/mol. The first-order valence-corrected chi connectivity index (χ1v) is 8.75. The topological polar surface area (TPSA) is 77.5 Å². The van der Waals surface area contributed by atoms with Crippen LogP contribution < -0.4 is 5.11 Å². The highest BCUT2D eigenvalue weighted by Gasteiger charge is 2.48. The molecule has 1 aliphatic carbocycles. The summed E-state index contributed by atoms with van der Waals surface area (Å²) in [6, 6.07) is 6.82. The van der Waals surface area contributed by atoms with Crippen LogP contribution in [0.4, 0.5) is 0 Å². The summed E-state index contributed by atoms with van der Waals surface area (Å²) in [5, 5.41) is 11.4. The van der Waals surface area contributed by atoms with Gasteiger partial charge in [-0.15, -0.1) is 0 Å². The van der Waals surface area contributed by atoms with Crippen LogP contribution in [0.5, 0.6) is 0 Å². The number of fused-ring (bicyclic) bond motifs is 1. The van der Waals surface area contributed by atoms with E-state index in [-0.39, 0.29) is 16.9 Å². The van der Waals surface area contributed by atoms with Crippen molar-refractivity contribution in [1.29, 1.82) is 0 Å².